The van der Waals surface area contributed by atoms with Gasteiger partial charge in [-0.3, -0.25) is 4.79 Å². The van der Waals surface area contributed by atoms with E-state index in [1.807, 2.05) is 36.4 Å². The second-order valence-corrected chi connectivity index (χ2v) is 7.71. The van der Waals surface area contributed by atoms with Crippen LogP contribution in [0.5, 0.6) is 0 Å². The molecule has 2 aromatic rings. The van der Waals surface area contributed by atoms with Crippen molar-refractivity contribution in [2.24, 2.45) is 0 Å². The monoisotopic (exact) mass is 357 g/mol. The molecule has 1 amide bonds. The van der Waals surface area contributed by atoms with Gasteiger partial charge < -0.3 is 5.32 Å². The summed E-state index contributed by atoms with van der Waals surface area (Å²) in [6, 6.07) is 17.8. The van der Waals surface area contributed by atoms with Crippen molar-refractivity contribution >= 4 is 21.6 Å². The zero-order valence-corrected chi connectivity index (χ0v) is 14.7. The minimum absolute atomic E-state index is 0.179. The highest BCUT2D eigenvalue weighted by atomic mass is 32.2. The van der Waals surface area contributed by atoms with Gasteiger partial charge in [-0.2, -0.15) is 5.26 Å². The molecular formula is C18H19N3O3S. The lowest BCUT2D eigenvalue weighted by atomic mass is 10.2. The zero-order chi connectivity index (χ0) is 18.3. The molecule has 0 heterocycles. The first kappa shape index (κ1) is 18.6. The largest absolute Gasteiger partial charge is 0.325 e. The fourth-order valence-corrected chi connectivity index (χ4v) is 3.32. The highest BCUT2D eigenvalue weighted by molar-refractivity contribution is 7.89. The number of rotatable bonds is 7. The first-order valence-corrected chi connectivity index (χ1v) is 9.30. The number of nitriles is 1. The van der Waals surface area contributed by atoms with Crippen molar-refractivity contribution in [2.45, 2.75) is 13.0 Å². The summed E-state index contributed by atoms with van der Waals surface area (Å²) in [7, 11) is -2.06. The van der Waals surface area contributed by atoms with Gasteiger partial charge in [0, 0.05) is 20.0 Å². The lowest BCUT2D eigenvalue weighted by Crippen LogP contribution is -2.30. The SMILES string of the molecule is CN(Cc1ccccc1)S(=O)(=O)CCC(=O)Nc1ccccc1C#N. The van der Waals surface area contributed by atoms with E-state index in [2.05, 4.69) is 5.32 Å². The highest BCUT2D eigenvalue weighted by Crippen LogP contribution is 2.14. The van der Waals surface area contributed by atoms with Crippen LogP contribution in [0.25, 0.3) is 0 Å². The summed E-state index contributed by atoms with van der Waals surface area (Å²) in [5.74, 6) is -0.740. The predicted molar refractivity (Wildman–Crippen MR) is 96.1 cm³/mol. The normalized spacial score (nSPS) is 11.1. The van der Waals surface area contributed by atoms with Crippen molar-refractivity contribution in [3.63, 3.8) is 0 Å². The van der Waals surface area contributed by atoms with Crippen LogP contribution in [0, 0.1) is 11.3 Å². The van der Waals surface area contributed by atoms with E-state index in [1.165, 1.54) is 11.4 Å². The number of nitrogens with one attached hydrogen (secondary N) is 1. The Balaban J connectivity index is 1.92. The fourth-order valence-electron chi connectivity index (χ4n) is 2.22. The molecule has 0 fully saturated rings. The molecule has 0 atom stereocenters. The Bertz CT molecular complexity index is 874. The Morgan fingerprint density at radius 3 is 2.44 bits per heavy atom. The number of carbonyl (C=O) groups excluding carboxylic acids is 1. The molecule has 2 aromatic carbocycles. The van der Waals surface area contributed by atoms with Gasteiger partial charge in [-0.05, 0) is 17.7 Å². The Morgan fingerprint density at radius 2 is 1.76 bits per heavy atom. The third-order valence-corrected chi connectivity index (χ3v) is 5.43. The Morgan fingerprint density at radius 1 is 1.12 bits per heavy atom. The van der Waals surface area contributed by atoms with Gasteiger partial charge in [0.2, 0.25) is 15.9 Å². The molecule has 0 saturated carbocycles. The van der Waals surface area contributed by atoms with Crippen LogP contribution >= 0.6 is 0 Å². The molecule has 25 heavy (non-hydrogen) atoms. The second kappa shape index (κ2) is 8.42. The minimum atomic E-state index is -3.55. The van der Waals surface area contributed by atoms with Gasteiger partial charge in [0.1, 0.15) is 6.07 Å². The summed E-state index contributed by atoms with van der Waals surface area (Å²) in [4.78, 5) is 12.0. The summed E-state index contributed by atoms with van der Waals surface area (Å²) >= 11 is 0. The summed E-state index contributed by atoms with van der Waals surface area (Å²) in [6.07, 6.45) is -0.179. The van der Waals surface area contributed by atoms with E-state index in [-0.39, 0.29) is 18.7 Å². The molecule has 0 aliphatic carbocycles. The minimum Gasteiger partial charge on any atom is -0.325 e. The number of carbonyl (C=O) groups is 1. The summed E-state index contributed by atoms with van der Waals surface area (Å²) in [5.41, 5.74) is 1.59. The van der Waals surface area contributed by atoms with Crippen molar-refractivity contribution < 1.29 is 13.2 Å². The third kappa shape index (κ3) is 5.41. The van der Waals surface area contributed by atoms with Gasteiger partial charge in [-0.15, -0.1) is 0 Å². The summed E-state index contributed by atoms with van der Waals surface area (Å²) < 4.78 is 25.9. The molecule has 130 valence electrons. The molecule has 0 spiro atoms. The van der Waals surface area contributed by atoms with E-state index in [0.29, 0.717) is 11.3 Å². The molecule has 1 N–H and O–H groups in total. The molecule has 0 aliphatic rings. The molecule has 6 nitrogen and oxygen atoms in total. The molecule has 0 bridgehead atoms. The number of nitrogens with zero attached hydrogens (tertiary/aromatic N) is 2. The van der Waals surface area contributed by atoms with Gasteiger partial charge >= 0.3 is 0 Å². The van der Waals surface area contributed by atoms with Crippen LogP contribution in [0.4, 0.5) is 5.69 Å². The van der Waals surface area contributed by atoms with Crippen LogP contribution in [0.1, 0.15) is 17.5 Å². The highest BCUT2D eigenvalue weighted by Gasteiger charge is 2.20. The molecule has 0 aromatic heterocycles. The standard InChI is InChI=1S/C18H19N3O3S/c1-21(14-15-7-3-2-4-8-15)25(23,24)12-11-18(22)20-17-10-6-5-9-16(17)13-19/h2-10H,11-12,14H2,1H3,(H,20,22). The first-order valence-electron chi connectivity index (χ1n) is 7.69. The van der Waals surface area contributed by atoms with Crippen LogP contribution in [0.15, 0.2) is 54.6 Å². The van der Waals surface area contributed by atoms with E-state index in [9.17, 15) is 13.2 Å². The third-order valence-electron chi connectivity index (χ3n) is 3.63. The van der Waals surface area contributed by atoms with E-state index in [4.69, 9.17) is 5.26 Å². The van der Waals surface area contributed by atoms with Crippen molar-refractivity contribution in [3.8, 4) is 6.07 Å². The second-order valence-electron chi connectivity index (χ2n) is 5.51. The van der Waals surface area contributed by atoms with Crippen molar-refractivity contribution in [1.29, 1.82) is 5.26 Å². The van der Waals surface area contributed by atoms with Crippen LogP contribution in [-0.4, -0.2) is 31.4 Å². The maximum Gasteiger partial charge on any atom is 0.225 e. The fraction of sp³-hybridized carbons (Fsp3) is 0.222. The van der Waals surface area contributed by atoms with Gasteiger partial charge in [0.25, 0.3) is 0 Å². The maximum atomic E-state index is 12.3. The van der Waals surface area contributed by atoms with E-state index >= 15 is 0 Å². The molecular weight excluding hydrogens is 338 g/mol. The van der Waals surface area contributed by atoms with E-state index in [0.717, 1.165) is 5.56 Å². The molecule has 0 unspecified atom stereocenters. The number of hydrogen-bond acceptors (Lipinski definition) is 4. The lowest BCUT2D eigenvalue weighted by molar-refractivity contribution is -0.115. The lowest BCUT2D eigenvalue weighted by Gasteiger charge is -2.17. The molecule has 2 rings (SSSR count). The number of amides is 1. The van der Waals surface area contributed by atoms with Crippen molar-refractivity contribution in [3.05, 3.63) is 65.7 Å². The number of benzene rings is 2. The molecule has 7 heteroatoms. The number of anilines is 1. The predicted octanol–water partition coefficient (Wildman–Crippen LogP) is 2.35. The maximum absolute atomic E-state index is 12.3. The Hall–Kier alpha value is -2.69. The van der Waals surface area contributed by atoms with Crippen LogP contribution < -0.4 is 5.32 Å². The molecule has 0 saturated heterocycles. The summed E-state index contributed by atoms with van der Waals surface area (Å²) in [5, 5.41) is 11.6. The smallest absolute Gasteiger partial charge is 0.225 e. The quantitative estimate of drug-likeness (QED) is 0.823. The molecule has 0 aliphatic heterocycles. The summed E-state index contributed by atoms with van der Waals surface area (Å²) in [6.45, 7) is 0.252. The average Bonchev–Trinajstić information content (AvgIpc) is 2.61. The number of para-hydroxylation sites is 1. The zero-order valence-electron chi connectivity index (χ0n) is 13.8. The number of hydrogen-bond donors (Lipinski definition) is 1. The average molecular weight is 357 g/mol. The van der Waals surface area contributed by atoms with Crippen LogP contribution in [-0.2, 0) is 21.4 Å². The molecule has 0 radical (unpaired) electrons. The van der Waals surface area contributed by atoms with E-state index in [1.54, 1.807) is 24.3 Å². The number of sulfonamides is 1. The van der Waals surface area contributed by atoms with Gasteiger partial charge in [0.05, 0.1) is 17.0 Å². The van der Waals surface area contributed by atoms with Crippen molar-refractivity contribution in [1.82, 2.24) is 4.31 Å². The van der Waals surface area contributed by atoms with Gasteiger partial charge in [-0.25, -0.2) is 12.7 Å². The van der Waals surface area contributed by atoms with Crippen LogP contribution in [0.3, 0.4) is 0 Å². The Kier molecular flexibility index (Phi) is 6.28. The first-order chi connectivity index (χ1) is 11.9. The Labute approximate surface area is 147 Å². The van der Waals surface area contributed by atoms with Crippen molar-refractivity contribution in [2.75, 3.05) is 18.1 Å². The van der Waals surface area contributed by atoms with Crippen LogP contribution in [0.2, 0.25) is 0 Å². The van der Waals surface area contributed by atoms with Gasteiger partial charge in [0.15, 0.2) is 0 Å². The van der Waals surface area contributed by atoms with Gasteiger partial charge in [-0.1, -0.05) is 42.5 Å². The topological polar surface area (TPSA) is 90.3 Å². The van der Waals surface area contributed by atoms with E-state index < -0.39 is 15.9 Å².